The molecule has 0 saturated heterocycles. The van der Waals surface area contributed by atoms with Gasteiger partial charge in [-0.05, 0) is 17.7 Å². The highest BCUT2D eigenvalue weighted by Gasteiger charge is 2.44. The Hall–Kier alpha value is -3.50. The van der Waals surface area contributed by atoms with E-state index in [1.165, 1.54) is 14.1 Å². The van der Waals surface area contributed by atoms with Crippen molar-refractivity contribution in [2.24, 2.45) is 0 Å². The van der Waals surface area contributed by atoms with Crippen LogP contribution in [0.4, 0.5) is 32.0 Å². The molecule has 0 heterocycles. The fourth-order valence-electron chi connectivity index (χ4n) is 3.38. The van der Waals surface area contributed by atoms with E-state index in [9.17, 15) is 35.9 Å². The number of amides is 2. The number of ether oxygens (including phenoxy) is 1. The van der Waals surface area contributed by atoms with Crippen molar-refractivity contribution in [2.45, 2.75) is 18.8 Å². The lowest BCUT2D eigenvalue weighted by molar-refractivity contribution is -0.125. The van der Waals surface area contributed by atoms with E-state index >= 15 is 0 Å². The van der Waals surface area contributed by atoms with Gasteiger partial charge in [0.15, 0.2) is 23.3 Å². The molecule has 0 atom stereocenters. The van der Waals surface area contributed by atoms with Crippen molar-refractivity contribution in [1.29, 1.82) is 0 Å². The number of alkyl halides is 2. The van der Waals surface area contributed by atoms with Crippen LogP contribution < -0.4 is 10.1 Å². The number of carbonyl (C=O) groups excluding carboxylic acids is 2. The van der Waals surface area contributed by atoms with Gasteiger partial charge in [0.05, 0.1) is 16.7 Å². The van der Waals surface area contributed by atoms with Gasteiger partial charge in [-0.3, -0.25) is 9.59 Å². The highest BCUT2D eigenvalue weighted by atomic mass is 19.3. The molecule has 3 rings (SSSR count). The largest absolute Gasteiger partial charge is 0.497 e. The number of halogens is 6. The number of likely N-dealkylation sites (N-methyl/N-ethyl adjacent to an activating group) is 1. The van der Waals surface area contributed by atoms with Crippen LogP contribution in [0.2, 0.25) is 0 Å². The summed E-state index contributed by atoms with van der Waals surface area (Å²) in [5.41, 5.74) is -4.69. The lowest BCUT2D eigenvalue weighted by atomic mass is 10.0. The van der Waals surface area contributed by atoms with Crippen LogP contribution in [0, 0.1) is 23.3 Å². The van der Waals surface area contributed by atoms with Crippen molar-refractivity contribution in [1.82, 2.24) is 4.90 Å². The smallest absolute Gasteiger partial charge is 0.256 e. The summed E-state index contributed by atoms with van der Waals surface area (Å²) in [6.45, 7) is 0. The van der Waals surface area contributed by atoms with E-state index in [4.69, 9.17) is 4.11 Å². The highest BCUT2D eigenvalue weighted by Crippen LogP contribution is 2.41. The molecule has 0 bridgehead atoms. The van der Waals surface area contributed by atoms with E-state index in [1.54, 1.807) is 5.32 Å². The van der Waals surface area contributed by atoms with E-state index in [-0.39, 0.29) is 5.75 Å². The van der Waals surface area contributed by atoms with Crippen molar-refractivity contribution in [3.8, 4) is 16.9 Å². The molecule has 0 radical (unpaired) electrons. The SMILES string of the molecule is [2H]C([2H])([2H])Oc1cccc(-c2c(F)c(F)c(NC(=O)C3=C(C(=O)N(C)C)CC(F)(F)C3)c(F)c2F)c1. The number of benzene rings is 2. The quantitative estimate of drug-likeness (QED) is 0.505. The monoisotopic (exact) mass is 475 g/mol. The molecule has 2 aromatic carbocycles. The topological polar surface area (TPSA) is 58.6 Å². The number of nitrogens with one attached hydrogen (secondary N) is 1. The zero-order valence-electron chi connectivity index (χ0n) is 20.2. The first-order chi connectivity index (χ1) is 16.5. The van der Waals surface area contributed by atoms with Gasteiger partial charge in [0.2, 0.25) is 5.91 Å². The van der Waals surface area contributed by atoms with Crippen LogP contribution in [0.25, 0.3) is 11.1 Å². The third kappa shape index (κ3) is 4.53. The summed E-state index contributed by atoms with van der Waals surface area (Å²) in [6, 6.07) is 4.10. The minimum absolute atomic E-state index is 0.378. The molecular weight excluding hydrogens is 454 g/mol. The van der Waals surface area contributed by atoms with Crippen LogP contribution in [-0.2, 0) is 9.59 Å². The molecular formula is C22H18F6N2O3. The van der Waals surface area contributed by atoms with Crippen LogP contribution in [0.5, 0.6) is 5.75 Å². The van der Waals surface area contributed by atoms with Gasteiger partial charge >= 0.3 is 0 Å². The van der Waals surface area contributed by atoms with Crippen molar-refractivity contribution in [2.75, 3.05) is 26.5 Å². The normalized spacial score (nSPS) is 16.7. The minimum Gasteiger partial charge on any atom is -0.497 e. The Morgan fingerprint density at radius 1 is 1.03 bits per heavy atom. The third-order valence-electron chi connectivity index (χ3n) is 4.92. The first kappa shape index (κ1) is 20.1. The van der Waals surface area contributed by atoms with Gasteiger partial charge in [0.1, 0.15) is 11.4 Å². The predicted octanol–water partition coefficient (Wildman–Crippen LogP) is 4.67. The maximum absolute atomic E-state index is 14.8. The molecule has 0 fully saturated rings. The molecule has 33 heavy (non-hydrogen) atoms. The molecule has 2 amide bonds. The molecule has 2 aromatic rings. The Bertz CT molecular complexity index is 1250. The molecule has 1 N–H and O–H groups in total. The van der Waals surface area contributed by atoms with Gasteiger partial charge in [-0.25, -0.2) is 26.3 Å². The first-order valence-electron chi connectivity index (χ1n) is 10.8. The standard InChI is InChI=1S/C22H18F6N2O3/c1-30(2)21(32)13-9-22(27,28)8-12(13)20(31)29-19-17(25)15(23)14(16(24)18(19)26)10-5-4-6-11(7-10)33-3/h4-7H,8-9H2,1-3H3,(H,29,31)/i3D3. The molecule has 1 aliphatic rings. The van der Waals surface area contributed by atoms with E-state index in [0.29, 0.717) is 0 Å². The Morgan fingerprint density at radius 3 is 2.21 bits per heavy atom. The number of carbonyl (C=O) groups is 2. The van der Waals surface area contributed by atoms with Crippen LogP contribution in [0.15, 0.2) is 35.4 Å². The highest BCUT2D eigenvalue weighted by molar-refractivity contribution is 6.11. The van der Waals surface area contributed by atoms with E-state index in [0.717, 1.165) is 29.2 Å². The summed E-state index contributed by atoms with van der Waals surface area (Å²) < 4.78 is 113. The average Bonchev–Trinajstić information content (AvgIpc) is 3.09. The summed E-state index contributed by atoms with van der Waals surface area (Å²) in [5.74, 6) is -14.4. The third-order valence-corrected chi connectivity index (χ3v) is 4.92. The second-order valence-corrected chi connectivity index (χ2v) is 7.46. The number of anilines is 1. The summed E-state index contributed by atoms with van der Waals surface area (Å²) in [6.07, 6.45) is -2.33. The minimum atomic E-state index is -3.49. The first-order valence-corrected chi connectivity index (χ1v) is 9.30. The number of nitrogens with zero attached hydrogens (tertiary/aromatic N) is 1. The summed E-state index contributed by atoms with van der Waals surface area (Å²) in [5, 5.41) is 1.55. The van der Waals surface area contributed by atoms with Crippen molar-refractivity contribution in [3.05, 3.63) is 58.7 Å². The Labute approximate surface area is 188 Å². The van der Waals surface area contributed by atoms with Gasteiger partial charge in [-0.15, -0.1) is 0 Å². The van der Waals surface area contributed by atoms with Gasteiger partial charge in [0, 0.05) is 38.1 Å². The number of hydrogen-bond donors (Lipinski definition) is 1. The zero-order chi connectivity index (χ0) is 27.2. The Kier molecular flexibility index (Phi) is 5.37. The summed E-state index contributed by atoms with van der Waals surface area (Å²) >= 11 is 0. The molecule has 176 valence electrons. The number of hydrogen-bond acceptors (Lipinski definition) is 3. The second kappa shape index (κ2) is 8.80. The van der Waals surface area contributed by atoms with E-state index in [2.05, 4.69) is 4.74 Å². The number of rotatable bonds is 5. The molecule has 0 saturated carbocycles. The predicted molar refractivity (Wildman–Crippen MR) is 107 cm³/mol. The molecule has 0 unspecified atom stereocenters. The van der Waals surface area contributed by atoms with Crippen LogP contribution >= 0.6 is 0 Å². The zero-order valence-corrected chi connectivity index (χ0v) is 17.2. The van der Waals surface area contributed by atoms with Crippen molar-refractivity contribution in [3.63, 3.8) is 0 Å². The maximum Gasteiger partial charge on any atom is 0.256 e. The second-order valence-electron chi connectivity index (χ2n) is 7.46. The Balaban J connectivity index is 2.03. The molecule has 0 spiro atoms. The summed E-state index contributed by atoms with van der Waals surface area (Å²) in [4.78, 5) is 25.7. The molecule has 5 nitrogen and oxygen atoms in total. The molecule has 0 aliphatic heterocycles. The molecule has 1 aliphatic carbocycles. The lowest BCUT2D eigenvalue weighted by Crippen LogP contribution is -2.26. The summed E-state index contributed by atoms with van der Waals surface area (Å²) in [7, 11) is -0.441. The van der Waals surface area contributed by atoms with E-state index in [1.807, 2.05) is 0 Å². The molecule has 11 heteroatoms. The Morgan fingerprint density at radius 2 is 1.64 bits per heavy atom. The number of methoxy groups -OCH3 is 1. The van der Waals surface area contributed by atoms with Crippen molar-refractivity contribution >= 4 is 17.5 Å². The van der Waals surface area contributed by atoms with Crippen LogP contribution in [0.3, 0.4) is 0 Å². The van der Waals surface area contributed by atoms with Gasteiger partial charge in [0.25, 0.3) is 11.8 Å². The van der Waals surface area contributed by atoms with Crippen LogP contribution in [0.1, 0.15) is 17.0 Å². The fraction of sp³-hybridized carbons (Fsp3) is 0.273. The van der Waals surface area contributed by atoms with Crippen molar-refractivity contribution < 1.29 is 44.8 Å². The van der Waals surface area contributed by atoms with E-state index < -0.39 is 88.8 Å². The van der Waals surface area contributed by atoms with Gasteiger partial charge < -0.3 is 15.0 Å². The average molecular weight is 475 g/mol. The van der Waals surface area contributed by atoms with Gasteiger partial charge in [-0.2, -0.15) is 0 Å². The maximum atomic E-state index is 14.8. The fourth-order valence-corrected chi connectivity index (χ4v) is 3.38. The lowest BCUT2D eigenvalue weighted by Gasteiger charge is -2.15. The van der Waals surface area contributed by atoms with Crippen LogP contribution in [-0.4, -0.2) is 43.8 Å². The molecule has 0 aromatic heterocycles. The van der Waals surface area contributed by atoms with Gasteiger partial charge in [-0.1, -0.05) is 12.1 Å².